The van der Waals surface area contributed by atoms with Crippen LogP contribution in [0.5, 0.6) is 0 Å². The largest absolute Gasteiger partial charge is 0.352 e. The topological polar surface area (TPSA) is 66.9 Å². The number of hydrogen-bond donors (Lipinski definition) is 2. The molecule has 0 radical (unpaired) electrons. The molecule has 3 aromatic rings. The molecule has 2 N–H and O–H groups in total. The van der Waals surface area contributed by atoms with Crippen LogP contribution in [0.15, 0.2) is 67.0 Å². The standard InChI is InChI=1S/C20H20N4O/c1-15-7-5-6-10-18(15)24-20-22-13-17(14-23-20)19(25)21-12-11-16-8-3-2-4-9-16/h2-10,13-14H,11-12H2,1H3,(H,21,25)(H,22,23,24). The third-order valence-corrected chi connectivity index (χ3v) is 3.85. The predicted molar refractivity (Wildman–Crippen MR) is 99.0 cm³/mol. The molecule has 25 heavy (non-hydrogen) atoms. The molecule has 0 fully saturated rings. The predicted octanol–water partition coefficient (Wildman–Crippen LogP) is 3.50. The summed E-state index contributed by atoms with van der Waals surface area (Å²) in [5.74, 6) is 0.300. The van der Waals surface area contributed by atoms with Crippen molar-refractivity contribution in [1.82, 2.24) is 15.3 Å². The van der Waals surface area contributed by atoms with Gasteiger partial charge in [0.15, 0.2) is 0 Å². The minimum atomic E-state index is -0.168. The summed E-state index contributed by atoms with van der Waals surface area (Å²) in [7, 11) is 0. The smallest absolute Gasteiger partial charge is 0.254 e. The molecule has 0 aliphatic heterocycles. The molecule has 0 atom stereocenters. The summed E-state index contributed by atoms with van der Waals surface area (Å²) in [6.45, 7) is 2.59. The Labute approximate surface area is 147 Å². The zero-order valence-electron chi connectivity index (χ0n) is 14.1. The van der Waals surface area contributed by atoms with E-state index < -0.39 is 0 Å². The lowest BCUT2D eigenvalue weighted by Crippen LogP contribution is -2.26. The van der Waals surface area contributed by atoms with Crippen LogP contribution < -0.4 is 10.6 Å². The number of rotatable bonds is 6. The van der Waals surface area contributed by atoms with E-state index in [0.29, 0.717) is 18.1 Å². The number of nitrogens with zero attached hydrogens (tertiary/aromatic N) is 2. The number of amides is 1. The first-order valence-electron chi connectivity index (χ1n) is 8.19. The van der Waals surface area contributed by atoms with E-state index in [1.165, 1.54) is 18.0 Å². The van der Waals surface area contributed by atoms with Gasteiger partial charge in [-0.2, -0.15) is 0 Å². The number of hydrogen-bond acceptors (Lipinski definition) is 4. The lowest BCUT2D eigenvalue weighted by atomic mass is 10.1. The molecule has 0 saturated heterocycles. The molecule has 5 heteroatoms. The van der Waals surface area contributed by atoms with Crippen molar-refractivity contribution in [2.45, 2.75) is 13.3 Å². The van der Waals surface area contributed by atoms with Gasteiger partial charge in [-0.25, -0.2) is 9.97 Å². The molecule has 0 bridgehead atoms. The van der Waals surface area contributed by atoms with Crippen molar-refractivity contribution in [2.24, 2.45) is 0 Å². The molecular formula is C20H20N4O. The number of aryl methyl sites for hydroxylation is 1. The summed E-state index contributed by atoms with van der Waals surface area (Å²) in [6.07, 6.45) is 3.86. The number of carbonyl (C=O) groups excluding carboxylic acids is 1. The Morgan fingerprint density at radius 1 is 0.960 bits per heavy atom. The fourth-order valence-corrected chi connectivity index (χ4v) is 2.41. The molecule has 0 saturated carbocycles. The van der Waals surface area contributed by atoms with Gasteiger partial charge in [0, 0.05) is 24.6 Å². The average molecular weight is 332 g/mol. The van der Waals surface area contributed by atoms with Crippen molar-refractivity contribution in [3.05, 3.63) is 83.7 Å². The Hall–Kier alpha value is -3.21. The second kappa shape index (κ2) is 8.06. The van der Waals surface area contributed by atoms with Crippen LogP contribution in [0.1, 0.15) is 21.5 Å². The summed E-state index contributed by atoms with van der Waals surface area (Å²) < 4.78 is 0. The van der Waals surface area contributed by atoms with Crippen LogP contribution in [0.4, 0.5) is 11.6 Å². The second-order valence-corrected chi connectivity index (χ2v) is 5.73. The molecule has 1 heterocycles. The maximum Gasteiger partial charge on any atom is 0.254 e. The molecule has 0 aliphatic carbocycles. The van der Waals surface area contributed by atoms with E-state index in [4.69, 9.17) is 0 Å². The van der Waals surface area contributed by atoms with E-state index in [1.54, 1.807) is 0 Å². The van der Waals surface area contributed by atoms with Gasteiger partial charge in [0.05, 0.1) is 5.56 Å². The molecule has 0 spiro atoms. The highest BCUT2D eigenvalue weighted by atomic mass is 16.1. The highest BCUT2D eigenvalue weighted by Crippen LogP contribution is 2.16. The molecule has 3 rings (SSSR count). The number of anilines is 2. The fourth-order valence-electron chi connectivity index (χ4n) is 2.41. The Bertz CT molecular complexity index is 832. The minimum Gasteiger partial charge on any atom is -0.352 e. The van der Waals surface area contributed by atoms with Crippen molar-refractivity contribution in [3.8, 4) is 0 Å². The maximum absolute atomic E-state index is 12.1. The van der Waals surface area contributed by atoms with Gasteiger partial charge in [0.1, 0.15) is 0 Å². The zero-order chi connectivity index (χ0) is 17.5. The monoisotopic (exact) mass is 332 g/mol. The van der Waals surface area contributed by atoms with Gasteiger partial charge in [-0.1, -0.05) is 48.5 Å². The van der Waals surface area contributed by atoms with Crippen molar-refractivity contribution < 1.29 is 4.79 Å². The first kappa shape index (κ1) is 16.6. The van der Waals surface area contributed by atoms with Crippen LogP contribution >= 0.6 is 0 Å². The van der Waals surface area contributed by atoms with Gasteiger partial charge in [-0.3, -0.25) is 4.79 Å². The summed E-state index contributed by atoms with van der Waals surface area (Å²) in [5.41, 5.74) is 3.69. The summed E-state index contributed by atoms with van der Waals surface area (Å²) >= 11 is 0. The van der Waals surface area contributed by atoms with Gasteiger partial charge in [0.2, 0.25) is 5.95 Å². The van der Waals surface area contributed by atoms with Crippen molar-refractivity contribution in [1.29, 1.82) is 0 Å². The van der Waals surface area contributed by atoms with Gasteiger partial charge < -0.3 is 10.6 Å². The van der Waals surface area contributed by atoms with Crippen LogP contribution in [-0.2, 0) is 6.42 Å². The molecule has 1 amide bonds. The quantitative estimate of drug-likeness (QED) is 0.725. The number of aromatic nitrogens is 2. The Kier molecular flexibility index (Phi) is 5.36. The lowest BCUT2D eigenvalue weighted by molar-refractivity contribution is 0.0953. The third kappa shape index (κ3) is 4.64. The highest BCUT2D eigenvalue weighted by Gasteiger charge is 2.07. The van der Waals surface area contributed by atoms with Crippen LogP contribution in [0.25, 0.3) is 0 Å². The Balaban J connectivity index is 1.54. The van der Waals surface area contributed by atoms with E-state index in [0.717, 1.165) is 17.7 Å². The molecule has 0 unspecified atom stereocenters. The lowest BCUT2D eigenvalue weighted by Gasteiger charge is -2.08. The van der Waals surface area contributed by atoms with E-state index >= 15 is 0 Å². The summed E-state index contributed by atoms with van der Waals surface area (Å²) in [4.78, 5) is 20.6. The molecule has 2 aromatic carbocycles. The summed E-state index contributed by atoms with van der Waals surface area (Å²) in [5, 5.41) is 6.04. The number of carbonyl (C=O) groups is 1. The van der Waals surface area contributed by atoms with E-state index in [-0.39, 0.29) is 5.91 Å². The third-order valence-electron chi connectivity index (χ3n) is 3.85. The number of nitrogens with one attached hydrogen (secondary N) is 2. The first-order chi connectivity index (χ1) is 12.2. The van der Waals surface area contributed by atoms with E-state index in [9.17, 15) is 4.79 Å². The number of benzene rings is 2. The normalized spacial score (nSPS) is 10.3. The van der Waals surface area contributed by atoms with Crippen LogP contribution in [0.2, 0.25) is 0 Å². The average Bonchev–Trinajstić information content (AvgIpc) is 2.65. The van der Waals surface area contributed by atoms with Gasteiger partial charge in [-0.05, 0) is 30.5 Å². The fraction of sp³-hybridized carbons (Fsp3) is 0.150. The van der Waals surface area contributed by atoms with Crippen LogP contribution in [0, 0.1) is 6.92 Å². The van der Waals surface area contributed by atoms with E-state index in [2.05, 4.69) is 20.6 Å². The Morgan fingerprint density at radius 2 is 1.64 bits per heavy atom. The SMILES string of the molecule is Cc1ccccc1Nc1ncc(C(=O)NCCc2ccccc2)cn1. The molecule has 1 aromatic heterocycles. The maximum atomic E-state index is 12.1. The Morgan fingerprint density at radius 3 is 2.36 bits per heavy atom. The number of para-hydroxylation sites is 1. The van der Waals surface area contributed by atoms with E-state index in [1.807, 2.05) is 61.5 Å². The second-order valence-electron chi connectivity index (χ2n) is 5.73. The summed E-state index contributed by atoms with van der Waals surface area (Å²) in [6, 6.07) is 17.9. The molecule has 0 aliphatic rings. The highest BCUT2D eigenvalue weighted by molar-refractivity contribution is 5.93. The van der Waals surface area contributed by atoms with Crippen LogP contribution in [0.3, 0.4) is 0 Å². The molecule has 5 nitrogen and oxygen atoms in total. The minimum absolute atomic E-state index is 0.168. The van der Waals surface area contributed by atoms with Crippen molar-refractivity contribution >= 4 is 17.5 Å². The molecular weight excluding hydrogens is 312 g/mol. The first-order valence-corrected chi connectivity index (χ1v) is 8.19. The van der Waals surface area contributed by atoms with Gasteiger partial charge >= 0.3 is 0 Å². The van der Waals surface area contributed by atoms with Crippen molar-refractivity contribution in [3.63, 3.8) is 0 Å². The van der Waals surface area contributed by atoms with Crippen LogP contribution in [-0.4, -0.2) is 22.4 Å². The van der Waals surface area contributed by atoms with Crippen molar-refractivity contribution in [2.75, 3.05) is 11.9 Å². The zero-order valence-corrected chi connectivity index (χ0v) is 14.1. The van der Waals surface area contributed by atoms with Gasteiger partial charge in [-0.15, -0.1) is 0 Å². The van der Waals surface area contributed by atoms with Gasteiger partial charge in [0.25, 0.3) is 5.91 Å². The molecule has 126 valence electrons.